The molecule has 1 unspecified atom stereocenters. The third-order valence-corrected chi connectivity index (χ3v) is 7.68. The normalized spacial score (nSPS) is 16.7. The second-order valence-corrected chi connectivity index (χ2v) is 11.1. The van der Waals surface area contributed by atoms with Gasteiger partial charge in [-0.3, -0.25) is 4.98 Å². The van der Waals surface area contributed by atoms with Gasteiger partial charge in [0.15, 0.2) is 9.84 Å². The van der Waals surface area contributed by atoms with Crippen molar-refractivity contribution in [1.82, 2.24) is 9.55 Å². The van der Waals surface area contributed by atoms with Crippen LogP contribution in [0.3, 0.4) is 0 Å². The predicted octanol–water partition coefficient (Wildman–Crippen LogP) is 5.37. The zero-order chi connectivity index (χ0) is 21.6. The number of fused-ring (bicyclic) bond motifs is 3. The van der Waals surface area contributed by atoms with Gasteiger partial charge in [-0.15, -0.1) is 0 Å². The summed E-state index contributed by atoms with van der Waals surface area (Å²) in [6, 6.07) is 18.0. The van der Waals surface area contributed by atoms with Crippen LogP contribution in [0.15, 0.2) is 70.2 Å². The maximum Gasteiger partial charge on any atom is 0.175 e. The number of hydrogen-bond acceptors (Lipinski definition) is 4. The summed E-state index contributed by atoms with van der Waals surface area (Å²) in [5.41, 5.74) is 3.98. The number of benzene rings is 2. The van der Waals surface area contributed by atoms with Crippen LogP contribution in [0.1, 0.15) is 24.4 Å². The lowest BCUT2D eigenvalue weighted by Gasteiger charge is -2.33. The number of aromatic nitrogens is 2. The first-order chi connectivity index (χ1) is 14.9. The van der Waals surface area contributed by atoms with Gasteiger partial charge in [0, 0.05) is 35.5 Å². The molecule has 0 spiro atoms. The second-order valence-electron chi connectivity index (χ2n) is 8.15. The molecule has 7 heteroatoms. The van der Waals surface area contributed by atoms with Gasteiger partial charge in [-0.25, -0.2) is 8.42 Å². The first-order valence-electron chi connectivity index (χ1n) is 10.4. The summed E-state index contributed by atoms with van der Waals surface area (Å²) >= 11 is 3.58. The molecule has 3 heterocycles. The minimum Gasteiger partial charge on any atom is -0.381 e. The van der Waals surface area contributed by atoms with Crippen molar-refractivity contribution in [3.8, 4) is 0 Å². The molecule has 0 saturated carbocycles. The maximum atomic E-state index is 12.3. The summed E-state index contributed by atoms with van der Waals surface area (Å²) in [6.07, 6.45) is 4.95. The molecule has 0 N–H and O–H groups in total. The molecule has 31 heavy (non-hydrogen) atoms. The van der Waals surface area contributed by atoms with Gasteiger partial charge in [0.1, 0.15) is 0 Å². The van der Waals surface area contributed by atoms with E-state index in [4.69, 9.17) is 9.72 Å². The highest BCUT2D eigenvalue weighted by Gasteiger charge is 2.30. The van der Waals surface area contributed by atoms with Gasteiger partial charge in [0.05, 0.1) is 27.5 Å². The van der Waals surface area contributed by atoms with Gasteiger partial charge in [-0.1, -0.05) is 30.3 Å². The number of pyridine rings is 1. The minimum absolute atomic E-state index is 0.0519. The molecule has 0 aliphatic carbocycles. The SMILES string of the molecule is CS(=O)(=O)c1ccc2c3ncc(Br)cc3n(C(c3ccccc3)C3CCOCC3)c2c1. The van der Waals surface area contributed by atoms with Gasteiger partial charge in [0.25, 0.3) is 0 Å². The van der Waals surface area contributed by atoms with Crippen molar-refractivity contribution in [3.63, 3.8) is 0 Å². The van der Waals surface area contributed by atoms with E-state index < -0.39 is 9.84 Å². The molecule has 0 amide bonds. The standard InChI is InChI=1S/C24H23BrN2O3S/c1-31(28,29)19-7-8-20-21(14-19)27(22-13-18(25)15-26-23(20)22)24(16-5-3-2-4-6-16)17-9-11-30-12-10-17/h2-8,13-15,17,24H,9-12H2,1H3. The van der Waals surface area contributed by atoms with Gasteiger partial charge >= 0.3 is 0 Å². The average Bonchev–Trinajstić information content (AvgIpc) is 3.08. The Morgan fingerprint density at radius 2 is 1.81 bits per heavy atom. The van der Waals surface area contributed by atoms with Crippen LogP contribution in [0.2, 0.25) is 0 Å². The van der Waals surface area contributed by atoms with Crippen molar-refractivity contribution < 1.29 is 13.2 Å². The lowest BCUT2D eigenvalue weighted by atomic mass is 9.86. The zero-order valence-electron chi connectivity index (χ0n) is 17.2. The van der Waals surface area contributed by atoms with Gasteiger partial charge in [0.2, 0.25) is 0 Å². The van der Waals surface area contributed by atoms with E-state index in [1.54, 1.807) is 18.3 Å². The quantitative estimate of drug-likeness (QED) is 0.379. The van der Waals surface area contributed by atoms with Crippen LogP contribution < -0.4 is 0 Å². The molecule has 1 aliphatic rings. The van der Waals surface area contributed by atoms with Crippen LogP contribution in [-0.2, 0) is 14.6 Å². The number of rotatable bonds is 4. The fourth-order valence-electron chi connectivity index (χ4n) is 4.70. The highest BCUT2D eigenvalue weighted by molar-refractivity contribution is 9.10. The Labute approximate surface area is 190 Å². The van der Waals surface area contributed by atoms with Gasteiger partial charge in [-0.05, 0) is 64.5 Å². The summed E-state index contributed by atoms with van der Waals surface area (Å²) in [5, 5.41) is 0.961. The number of hydrogen-bond donors (Lipinski definition) is 0. The van der Waals surface area contributed by atoms with E-state index in [0.717, 1.165) is 52.5 Å². The molecule has 5 nitrogen and oxygen atoms in total. The fourth-order valence-corrected chi connectivity index (χ4v) is 5.66. The summed E-state index contributed by atoms with van der Waals surface area (Å²) < 4.78 is 33.5. The van der Waals surface area contributed by atoms with Crippen molar-refractivity contribution in [2.45, 2.75) is 23.8 Å². The van der Waals surface area contributed by atoms with E-state index in [0.29, 0.717) is 10.8 Å². The molecule has 1 fully saturated rings. The van der Waals surface area contributed by atoms with Crippen LogP contribution in [0.5, 0.6) is 0 Å². The van der Waals surface area contributed by atoms with E-state index >= 15 is 0 Å². The molecule has 1 atom stereocenters. The smallest absolute Gasteiger partial charge is 0.175 e. The zero-order valence-corrected chi connectivity index (χ0v) is 19.6. The van der Waals surface area contributed by atoms with Crippen molar-refractivity contribution in [2.24, 2.45) is 5.92 Å². The second kappa shape index (κ2) is 8.04. The summed E-state index contributed by atoms with van der Waals surface area (Å²) in [7, 11) is -3.33. The molecule has 2 aromatic carbocycles. The molecular weight excluding hydrogens is 476 g/mol. The Balaban J connectivity index is 1.87. The Kier molecular flexibility index (Phi) is 5.36. The van der Waals surface area contributed by atoms with Crippen molar-refractivity contribution >= 4 is 47.7 Å². The molecule has 5 rings (SSSR count). The molecule has 0 radical (unpaired) electrons. The fraction of sp³-hybridized carbons (Fsp3) is 0.292. The lowest BCUT2D eigenvalue weighted by Crippen LogP contribution is -2.26. The molecule has 4 aromatic rings. The maximum absolute atomic E-state index is 12.3. The van der Waals surface area contributed by atoms with Crippen LogP contribution in [0.4, 0.5) is 0 Å². The Morgan fingerprint density at radius 3 is 2.52 bits per heavy atom. The molecular formula is C24H23BrN2O3S. The Bertz CT molecular complexity index is 1360. The van der Waals surface area contributed by atoms with Crippen LogP contribution in [-0.4, -0.2) is 37.4 Å². The Morgan fingerprint density at radius 1 is 1.06 bits per heavy atom. The molecule has 1 aliphatic heterocycles. The largest absolute Gasteiger partial charge is 0.381 e. The van der Waals surface area contributed by atoms with E-state index in [2.05, 4.69) is 50.8 Å². The number of halogens is 1. The number of nitrogens with zero attached hydrogens (tertiary/aromatic N) is 2. The van der Waals surface area contributed by atoms with Crippen molar-refractivity contribution in [3.05, 3.63) is 70.8 Å². The number of sulfone groups is 1. The van der Waals surface area contributed by atoms with E-state index in [1.807, 2.05) is 12.1 Å². The highest BCUT2D eigenvalue weighted by Crippen LogP contribution is 2.41. The first-order valence-corrected chi connectivity index (χ1v) is 13.0. The molecule has 1 saturated heterocycles. The molecule has 2 aromatic heterocycles. The van der Waals surface area contributed by atoms with Crippen molar-refractivity contribution in [1.29, 1.82) is 0 Å². The van der Waals surface area contributed by atoms with Gasteiger partial charge < -0.3 is 9.30 Å². The summed E-state index contributed by atoms with van der Waals surface area (Å²) in [5.74, 6) is 0.371. The van der Waals surface area contributed by atoms with E-state index in [-0.39, 0.29) is 6.04 Å². The predicted molar refractivity (Wildman–Crippen MR) is 126 cm³/mol. The van der Waals surface area contributed by atoms with Crippen molar-refractivity contribution in [2.75, 3.05) is 19.5 Å². The highest BCUT2D eigenvalue weighted by atomic mass is 79.9. The average molecular weight is 499 g/mol. The van der Waals surface area contributed by atoms with Crippen LogP contribution in [0, 0.1) is 5.92 Å². The Hall–Kier alpha value is -2.22. The molecule has 0 bridgehead atoms. The van der Waals surface area contributed by atoms with Crippen LogP contribution in [0.25, 0.3) is 21.9 Å². The third-order valence-electron chi connectivity index (χ3n) is 6.14. The minimum atomic E-state index is -3.33. The van der Waals surface area contributed by atoms with Gasteiger partial charge in [-0.2, -0.15) is 0 Å². The summed E-state index contributed by atoms with van der Waals surface area (Å²) in [6.45, 7) is 1.48. The van der Waals surface area contributed by atoms with E-state index in [9.17, 15) is 8.42 Å². The first kappa shape index (κ1) is 20.7. The van der Waals surface area contributed by atoms with E-state index in [1.165, 1.54) is 11.8 Å². The summed E-state index contributed by atoms with van der Waals surface area (Å²) in [4.78, 5) is 5.02. The topological polar surface area (TPSA) is 61.2 Å². The van der Waals surface area contributed by atoms with Crippen LogP contribution >= 0.6 is 15.9 Å². The monoisotopic (exact) mass is 498 g/mol. The number of ether oxygens (including phenoxy) is 1. The third kappa shape index (κ3) is 3.79. The molecule has 160 valence electrons. The lowest BCUT2D eigenvalue weighted by molar-refractivity contribution is 0.0553.